The molecule has 0 radical (unpaired) electrons. The summed E-state index contributed by atoms with van der Waals surface area (Å²) in [4.78, 5) is 2.26. The van der Waals surface area contributed by atoms with Crippen molar-refractivity contribution < 1.29 is 8.76 Å². The molecule has 2 atom stereocenters. The van der Waals surface area contributed by atoms with Crippen LogP contribution < -0.4 is 4.72 Å². The van der Waals surface area contributed by atoms with Gasteiger partial charge in [-0.15, -0.1) is 0 Å². The molecule has 5 heteroatoms. The van der Waals surface area contributed by atoms with E-state index in [0.717, 1.165) is 32.5 Å². The lowest BCUT2D eigenvalue weighted by molar-refractivity contribution is 0.211. The number of hydrogen-bond acceptors (Lipinski definition) is 3. The molecule has 4 nitrogen and oxygen atoms in total. The first-order valence-electron chi connectivity index (χ1n) is 4.30. The molecule has 0 saturated carbocycles. The summed E-state index contributed by atoms with van der Waals surface area (Å²) in [5, 5.41) is 0. The molecule has 1 N–H and O–H groups in total. The lowest BCUT2D eigenvalue weighted by atomic mass is 10.1. The molecule has 0 aromatic heterocycles. The molecular weight excluding hydrogens is 176 g/mol. The van der Waals surface area contributed by atoms with Crippen LogP contribution in [0.5, 0.6) is 0 Å². The summed E-state index contributed by atoms with van der Waals surface area (Å²) in [7, 11) is 0. The van der Waals surface area contributed by atoms with Crippen molar-refractivity contribution in [2.24, 2.45) is 0 Å². The van der Waals surface area contributed by atoms with E-state index >= 15 is 0 Å². The van der Waals surface area contributed by atoms with Crippen LogP contribution in [0, 0.1) is 0 Å². The molecule has 0 bridgehead atoms. The molecule has 2 unspecified atom stereocenters. The first-order valence-corrected chi connectivity index (χ1v) is 5.37. The van der Waals surface area contributed by atoms with Crippen LogP contribution in [0.25, 0.3) is 0 Å². The summed E-state index contributed by atoms with van der Waals surface area (Å²) in [6, 6.07) is 0.122. The Labute approximate surface area is 75.7 Å². The molecule has 12 heavy (non-hydrogen) atoms. The minimum atomic E-state index is -2.11. The van der Waals surface area contributed by atoms with Gasteiger partial charge >= 0.3 is 0 Å². The quantitative estimate of drug-likeness (QED) is 0.631. The lowest BCUT2D eigenvalue weighted by Gasteiger charge is -2.32. The van der Waals surface area contributed by atoms with Crippen LogP contribution in [0.15, 0.2) is 0 Å². The van der Waals surface area contributed by atoms with Gasteiger partial charge in [-0.2, -0.15) is 0 Å². The first kappa shape index (κ1) is 10.1. The highest BCUT2D eigenvalue weighted by Crippen LogP contribution is 2.09. The van der Waals surface area contributed by atoms with Crippen LogP contribution >= 0.6 is 0 Å². The highest BCUT2D eigenvalue weighted by molar-refractivity contribution is 7.77. The second-order valence-electron chi connectivity index (χ2n) is 3.08. The van der Waals surface area contributed by atoms with E-state index in [1.54, 1.807) is 0 Å². The fourth-order valence-corrected chi connectivity index (χ4v) is 2.04. The molecular formula is C7H15N2O2S-. The van der Waals surface area contributed by atoms with Gasteiger partial charge in [-0.05, 0) is 25.9 Å². The average molecular weight is 191 g/mol. The normalized spacial score (nSPS) is 28.7. The molecule has 0 aliphatic carbocycles. The standard InChI is InChI=1S/C7H16N2O2S/c1-2-9-5-3-4-7(6-9)8-12(10)11/h7-8H,2-6H2,1H3,(H,10,11)/p-1. The lowest BCUT2D eigenvalue weighted by Crippen LogP contribution is -2.45. The largest absolute Gasteiger partial charge is 0.760 e. The van der Waals surface area contributed by atoms with Crippen LogP contribution in [0.2, 0.25) is 0 Å². The van der Waals surface area contributed by atoms with Gasteiger partial charge in [0.05, 0.1) is 0 Å². The Balaban J connectivity index is 2.30. The molecule has 1 aliphatic rings. The first-order chi connectivity index (χ1) is 5.72. The summed E-state index contributed by atoms with van der Waals surface area (Å²) < 4.78 is 23.2. The van der Waals surface area contributed by atoms with Gasteiger partial charge < -0.3 is 9.45 Å². The Hall–Kier alpha value is 0.0300. The van der Waals surface area contributed by atoms with E-state index in [4.69, 9.17) is 0 Å². The van der Waals surface area contributed by atoms with Crippen molar-refractivity contribution in [3.05, 3.63) is 0 Å². The fraction of sp³-hybridized carbons (Fsp3) is 1.00. The maximum atomic E-state index is 10.3. The maximum absolute atomic E-state index is 10.3. The predicted octanol–water partition coefficient (Wildman–Crippen LogP) is -0.146. The van der Waals surface area contributed by atoms with Crippen molar-refractivity contribution in [1.29, 1.82) is 0 Å². The van der Waals surface area contributed by atoms with Gasteiger partial charge in [0, 0.05) is 23.9 Å². The number of likely N-dealkylation sites (N-methyl/N-ethyl adjacent to an activating group) is 1. The van der Waals surface area contributed by atoms with E-state index in [0.29, 0.717) is 0 Å². The third-order valence-electron chi connectivity index (χ3n) is 2.22. The van der Waals surface area contributed by atoms with Crippen LogP contribution in [0.1, 0.15) is 19.8 Å². The van der Waals surface area contributed by atoms with Gasteiger partial charge in [0.15, 0.2) is 0 Å². The topological polar surface area (TPSA) is 55.4 Å². The number of nitrogens with zero attached hydrogens (tertiary/aromatic N) is 1. The van der Waals surface area contributed by atoms with Crippen LogP contribution in [0.4, 0.5) is 0 Å². The predicted molar refractivity (Wildman–Crippen MR) is 47.2 cm³/mol. The summed E-state index contributed by atoms with van der Waals surface area (Å²) >= 11 is -2.11. The monoisotopic (exact) mass is 191 g/mol. The zero-order valence-electron chi connectivity index (χ0n) is 7.28. The third kappa shape index (κ3) is 3.18. The van der Waals surface area contributed by atoms with E-state index in [1.807, 2.05) is 0 Å². The van der Waals surface area contributed by atoms with Crippen LogP contribution in [-0.4, -0.2) is 39.3 Å². The van der Waals surface area contributed by atoms with Crippen LogP contribution in [-0.2, 0) is 11.3 Å². The van der Waals surface area contributed by atoms with E-state index in [9.17, 15) is 8.76 Å². The van der Waals surface area contributed by atoms with Crippen molar-refractivity contribution in [2.45, 2.75) is 25.8 Å². The van der Waals surface area contributed by atoms with E-state index in [1.165, 1.54) is 0 Å². The molecule has 1 saturated heterocycles. The van der Waals surface area contributed by atoms with Crippen molar-refractivity contribution in [3.8, 4) is 0 Å². The van der Waals surface area contributed by atoms with E-state index in [2.05, 4.69) is 16.5 Å². The minimum Gasteiger partial charge on any atom is -0.760 e. The zero-order chi connectivity index (χ0) is 8.97. The molecule has 0 amide bonds. The van der Waals surface area contributed by atoms with E-state index < -0.39 is 11.3 Å². The molecule has 1 fully saturated rings. The number of nitrogens with one attached hydrogen (secondary N) is 1. The highest BCUT2D eigenvalue weighted by Gasteiger charge is 2.17. The fourth-order valence-electron chi connectivity index (χ4n) is 1.58. The Bertz CT molecular complexity index is 165. The van der Waals surface area contributed by atoms with Crippen LogP contribution in [0.3, 0.4) is 0 Å². The van der Waals surface area contributed by atoms with Crippen molar-refractivity contribution in [3.63, 3.8) is 0 Å². The summed E-state index contributed by atoms with van der Waals surface area (Å²) in [6.07, 6.45) is 2.05. The van der Waals surface area contributed by atoms with Gasteiger partial charge in [0.25, 0.3) is 0 Å². The minimum absolute atomic E-state index is 0.122. The van der Waals surface area contributed by atoms with Crippen molar-refractivity contribution in [2.75, 3.05) is 19.6 Å². The van der Waals surface area contributed by atoms with Crippen molar-refractivity contribution >= 4 is 11.3 Å². The molecule has 0 aromatic carbocycles. The van der Waals surface area contributed by atoms with Gasteiger partial charge in [0.1, 0.15) is 0 Å². The summed E-state index contributed by atoms with van der Waals surface area (Å²) in [5.74, 6) is 0. The Morgan fingerprint density at radius 3 is 3.08 bits per heavy atom. The molecule has 72 valence electrons. The molecule has 1 heterocycles. The number of rotatable bonds is 3. The van der Waals surface area contributed by atoms with Crippen molar-refractivity contribution in [1.82, 2.24) is 9.62 Å². The smallest absolute Gasteiger partial charge is 0.0312 e. The molecule has 1 aliphatic heterocycles. The summed E-state index contributed by atoms with van der Waals surface area (Å²) in [6.45, 7) is 5.05. The van der Waals surface area contributed by atoms with Gasteiger partial charge in [-0.3, -0.25) is 4.21 Å². The molecule has 1 rings (SSSR count). The van der Waals surface area contributed by atoms with Gasteiger partial charge in [0.2, 0.25) is 0 Å². The molecule has 0 spiro atoms. The second-order valence-corrected chi connectivity index (χ2v) is 3.79. The maximum Gasteiger partial charge on any atom is 0.0312 e. The molecule has 0 aromatic rings. The Kier molecular flexibility index (Phi) is 4.14. The number of hydrogen-bond donors (Lipinski definition) is 1. The number of piperidine rings is 1. The SMILES string of the molecule is CCN1CCCC(NS(=O)[O-])C1. The third-order valence-corrected chi connectivity index (χ3v) is 2.74. The highest BCUT2D eigenvalue weighted by atomic mass is 32.2. The second kappa shape index (κ2) is 4.91. The van der Waals surface area contributed by atoms with Gasteiger partial charge in [-0.25, -0.2) is 4.72 Å². The van der Waals surface area contributed by atoms with Gasteiger partial charge in [-0.1, -0.05) is 6.92 Å². The number of likely N-dealkylation sites (tertiary alicyclic amines) is 1. The van der Waals surface area contributed by atoms with E-state index in [-0.39, 0.29) is 6.04 Å². The average Bonchev–Trinajstić information content (AvgIpc) is 2.03. The summed E-state index contributed by atoms with van der Waals surface area (Å²) in [5.41, 5.74) is 0. The Morgan fingerprint density at radius 2 is 2.50 bits per heavy atom. The zero-order valence-corrected chi connectivity index (χ0v) is 8.10. The Morgan fingerprint density at radius 1 is 1.75 bits per heavy atom.